The van der Waals surface area contributed by atoms with Gasteiger partial charge in [0.25, 0.3) is 11.8 Å². The fourth-order valence-corrected chi connectivity index (χ4v) is 5.49. The maximum absolute atomic E-state index is 13.0. The van der Waals surface area contributed by atoms with E-state index in [4.69, 9.17) is 18.9 Å². The third kappa shape index (κ3) is 5.17. The number of carbonyl (C=O) groups is 2. The van der Waals surface area contributed by atoms with Gasteiger partial charge in [-0.15, -0.1) is 11.3 Å². The average Bonchev–Trinajstić information content (AvgIpc) is 3.33. The maximum Gasteiger partial charge on any atom is 0.259 e. The monoisotopic (exact) mass is 542 g/mol. The summed E-state index contributed by atoms with van der Waals surface area (Å²) in [6.45, 7) is 0. The molecule has 0 saturated carbocycles. The van der Waals surface area contributed by atoms with Crippen LogP contribution in [0.1, 0.15) is 20.7 Å². The van der Waals surface area contributed by atoms with E-state index in [1.807, 2.05) is 36.4 Å². The van der Waals surface area contributed by atoms with Gasteiger partial charge in [0.1, 0.15) is 23.0 Å². The summed E-state index contributed by atoms with van der Waals surface area (Å²) < 4.78 is 23.2. The summed E-state index contributed by atoms with van der Waals surface area (Å²) in [4.78, 5) is 25.9. The van der Waals surface area contributed by atoms with Crippen LogP contribution in [0.2, 0.25) is 0 Å². The molecule has 0 atom stereocenters. The van der Waals surface area contributed by atoms with Crippen LogP contribution in [0.3, 0.4) is 0 Å². The van der Waals surface area contributed by atoms with Gasteiger partial charge in [0, 0.05) is 43.7 Å². The largest absolute Gasteiger partial charge is 0.497 e. The van der Waals surface area contributed by atoms with E-state index < -0.39 is 0 Å². The lowest BCUT2D eigenvalue weighted by Gasteiger charge is -2.11. The van der Waals surface area contributed by atoms with Crippen LogP contribution in [0.15, 0.2) is 72.8 Å². The van der Waals surface area contributed by atoms with Crippen LogP contribution in [-0.4, -0.2) is 40.3 Å². The fourth-order valence-electron chi connectivity index (χ4n) is 4.30. The van der Waals surface area contributed by atoms with Crippen molar-refractivity contribution in [3.8, 4) is 23.0 Å². The molecular weight excluding hydrogens is 516 g/mol. The maximum atomic E-state index is 13.0. The Hall–Kier alpha value is -4.76. The Labute approximate surface area is 229 Å². The molecule has 0 aliphatic heterocycles. The van der Waals surface area contributed by atoms with Gasteiger partial charge in [-0.1, -0.05) is 12.1 Å². The lowest BCUT2D eigenvalue weighted by molar-refractivity contribution is 0.101. The van der Waals surface area contributed by atoms with Crippen molar-refractivity contribution in [2.24, 2.45) is 0 Å². The van der Waals surface area contributed by atoms with Crippen molar-refractivity contribution in [3.63, 3.8) is 0 Å². The summed E-state index contributed by atoms with van der Waals surface area (Å²) in [7, 11) is 6.14. The second-order valence-electron chi connectivity index (χ2n) is 8.56. The van der Waals surface area contributed by atoms with Crippen LogP contribution in [0.5, 0.6) is 23.0 Å². The number of methoxy groups -OCH3 is 4. The minimum Gasteiger partial charge on any atom is -0.497 e. The van der Waals surface area contributed by atoms with Gasteiger partial charge in [0.05, 0.1) is 39.6 Å². The average molecular weight is 543 g/mol. The molecule has 2 amide bonds. The lowest BCUT2D eigenvalue weighted by Crippen LogP contribution is -2.13. The second-order valence-corrected chi connectivity index (χ2v) is 9.65. The highest BCUT2D eigenvalue weighted by Crippen LogP contribution is 2.37. The smallest absolute Gasteiger partial charge is 0.259 e. The highest BCUT2D eigenvalue weighted by molar-refractivity contribution is 7.25. The van der Waals surface area contributed by atoms with Crippen molar-refractivity contribution in [3.05, 3.63) is 83.9 Å². The van der Waals surface area contributed by atoms with Gasteiger partial charge in [-0.2, -0.15) is 0 Å². The molecular formula is C30H26N2O6S. The van der Waals surface area contributed by atoms with Crippen LogP contribution in [0.4, 0.5) is 11.4 Å². The van der Waals surface area contributed by atoms with E-state index in [0.717, 1.165) is 20.2 Å². The zero-order chi connectivity index (χ0) is 27.5. The van der Waals surface area contributed by atoms with Gasteiger partial charge in [-0.3, -0.25) is 9.59 Å². The Bertz CT molecular complexity index is 1590. The van der Waals surface area contributed by atoms with Crippen molar-refractivity contribution in [2.45, 2.75) is 0 Å². The summed E-state index contributed by atoms with van der Waals surface area (Å²) >= 11 is 1.58. The van der Waals surface area contributed by atoms with Crippen molar-refractivity contribution in [1.29, 1.82) is 0 Å². The van der Waals surface area contributed by atoms with E-state index in [-0.39, 0.29) is 11.8 Å². The van der Waals surface area contributed by atoms with Crippen molar-refractivity contribution in [1.82, 2.24) is 0 Å². The molecule has 0 aliphatic carbocycles. The molecule has 1 heterocycles. The van der Waals surface area contributed by atoms with E-state index in [2.05, 4.69) is 10.6 Å². The van der Waals surface area contributed by atoms with Gasteiger partial charge in [0.15, 0.2) is 0 Å². The Morgan fingerprint density at radius 1 is 0.564 bits per heavy atom. The third-order valence-corrected chi connectivity index (χ3v) is 7.41. The topological polar surface area (TPSA) is 95.1 Å². The molecule has 0 fully saturated rings. The zero-order valence-electron chi connectivity index (χ0n) is 21.8. The number of amides is 2. The molecule has 1 aromatic heterocycles. The van der Waals surface area contributed by atoms with Crippen LogP contribution >= 0.6 is 11.3 Å². The first-order valence-corrected chi connectivity index (χ1v) is 12.8. The van der Waals surface area contributed by atoms with Crippen molar-refractivity contribution < 1.29 is 28.5 Å². The number of rotatable bonds is 8. The third-order valence-electron chi connectivity index (χ3n) is 6.30. The Morgan fingerprint density at radius 2 is 1.00 bits per heavy atom. The molecule has 0 saturated heterocycles. The minimum atomic E-state index is -0.283. The summed E-state index contributed by atoms with van der Waals surface area (Å²) in [5.74, 6) is 1.50. The molecule has 5 aromatic rings. The van der Waals surface area contributed by atoms with Crippen molar-refractivity contribution in [2.75, 3.05) is 39.1 Å². The van der Waals surface area contributed by atoms with Gasteiger partial charge in [0.2, 0.25) is 0 Å². The second kappa shape index (κ2) is 10.9. The molecule has 0 aliphatic rings. The van der Waals surface area contributed by atoms with Crippen LogP contribution < -0.4 is 29.6 Å². The molecule has 5 rings (SSSR count). The highest BCUT2D eigenvalue weighted by atomic mass is 32.1. The SMILES string of the molecule is COc1ccc(C(=O)Nc2ccc3c(c2)sc2cc(NC(=O)c4ccc(OC)cc4OC)ccc23)c(OC)c1. The number of ether oxygens (including phenoxy) is 4. The van der Waals surface area contributed by atoms with Crippen LogP contribution in [-0.2, 0) is 0 Å². The predicted octanol–water partition coefficient (Wildman–Crippen LogP) is 6.59. The number of hydrogen-bond acceptors (Lipinski definition) is 7. The molecule has 39 heavy (non-hydrogen) atoms. The summed E-state index contributed by atoms with van der Waals surface area (Å²) in [6, 6.07) is 21.7. The molecule has 9 heteroatoms. The molecule has 4 aromatic carbocycles. The Balaban J connectivity index is 1.38. The van der Waals surface area contributed by atoms with Crippen LogP contribution in [0, 0.1) is 0 Å². The number of thiophene rings is 1. The summed E-state index contributed by atoms with van der Waals surface area (Å²) in [5.41, 5.74) is 2.14. The Kier molecular flexibility index (Phi) is 7.25. The summed E-state index contributed by atoms with van der Waals surface area (Å²) in [6.07, 6.45) is 0. The highest BCUT2D eigenvalue weighted by Gasteiger charge is 2.16. The van der Waals surface area contributed by atoms with Crippen LogP contribution in [0.25, 0.3) is 20.2 Å². The number of carbonyl (C=O) groups excluding carboxylic acids is 2. The molecule has 0 bridgehead atoms. The molecule has 8 nitrogen and oxygen atoms in total. The van der Waals surface area contributed by atoms with E-state index in [9.17, 15) is 9.59 Å². The van der Waals surface area contributed by atoms with E-state index in [1.165, 1.54) is 14.2 Å². The van der Waals surface area contributed by atoms with Gasteiger partial charge in [-0.05, 0) is 48.5 Å². The van der Waals surface area contributed by atoms with Gasteiger partial charge < -0.3 is 29.6 Å². The van der Waals surface area contributed by atoms with Gasteiger partial charge in [-0.25, -0.2) is 0 Å². The zero-order valence-corrected chi connectivity index (χ0v) is 22.6. The minimum absolute atomic E-state index is 0.283. The van der Waals surface area contributed by atoms with Crippen molar-refractivity contribution >= 4 is 54.7 Å². The number of fused-ring (bicyclic) bond motifs is 3. The number of hydrogen-bond donors (Lipinski definition) is 2. The first kappa shape index (κ1) is 25.9. The predicted molar refractivity (Wildman–Crippen MR) is 154 cm³/mol. The molecule has 0 radical (unpaired) electrons. The first-order chi connectivity index (χ1) is 18.9. The lowest BCUT2D eigenvalue weighted by atomic mass is 10.1. The number of nitrogens with one attached hydrogen (secondary N) is 2. The normalized spacial score (nSPS) is 10.8. The molecule has 0 unspecified atom stereocenters. The number of anilines is 2. The summed E-state index contributed by atoms with van der Waals surface area (Å²) in [5, 5.41) is 8.02. The molecule has 198 valence electrons. The molecule has 0 spiro atoms. The van der Waals surface area contributed by atoms with E-state index in [0.29, 0.717) is 45.5 Å². The first-order valence-electron chi connectivity index (χ1n) is 12.0. The Morgan fingerprint density at radius 3 is 1.38 bits per heavy atom. The quantitative estimate of drug-likeness (QED) is 0.230. The van der Waals surface area contributed by atoms with E-state index in [1.54, 1.807) is 62.0 Å². The molecule has 2 N–H and O–H groups in total. The number of benzene rings is 4. The fraction of sp³-hybridized carbons (Fsp3) is 0.133. The van der Waals surface area contributed by atoms with Gasteiger partial charge >= 0.3 is 0 Å². The standard InChI is InChI=1S/C30H26N2O6S/c1-35-19-7-11-23(25(15-19)37-3)29(33)31-17-5-9-21-22-10-6-18(14-28(22)39-27(21)13-17)32-30(34)24-12-8-20(36-2)16-26(24)38-4/h5-16H,1-4H3,(H,31,33)(H,32,34). The van der Waals surface area contributed by atoms with E-state index >= 15 is 0 Å².